The van der Waals surface area contributed by atoms with E-state index in [1.165, 1.54) is 6.92 Å². The van der Waals surface area contributed by atoms with Crippen LogP contribution in [-0.4, -0.2) is 11.7 Å². The van der Waals surface area contributed by atoms with Gasteiger partial charge in [0.2, 0.25) is 0 Å². The number of benzene rings is 1. The van der Waals surface area contributed by atoms with Crippen LogP contribution in [0, 0.1) is 11.3 Å². The van der Waals surface area contributed by atoms with Crippen molar-refractivity contribution in [1.82, 2.24) is 0 Å². The van der Waals surface area contributed by atoms with Crippen molar-refractivity contribution in [2.75, 3.05) is 0 Å². The van der Waals surface area contributed by atoms with E-state index >= 15 is 0 Å². The number of oxime groups is 1. The molecule has 0 amide bonds. The van der Waals surface area contributed by atoms with Gasteiger partial charge in [0.25, 0.3) is 0 Å². The lowest BCUT2D eigenvalue weighted by molar-refractivity contribution is -0.140. The Hall–Kier alpha value is -2.64. The number of carbonyl (C=O) groups is 1. The standard InChI is InChI=1S/C16H11ClN2O2/c1-11(20)21-19-15-8-4-13(5-9-15)16(10-18)12-2-6-14(17)7-3-12/h2-9H,1H3. The Morgan fingerprint density at radius 3 is 2.33 bits per heavy atom. The number of nitriles is 1. The highest BCUT2D eigenvalue weighted by Gasteiger charge is 2.08. The molecule has 0 fully saturated rings. The minimum Gasteiger partial charge on any atom is -0.318 e. The van der Waals surface area contributed by atoms with Gasteiger partial charge in [0.05, 0.1) is 5.57 Å². The molecular weight excluding hydrogens is 288 g/mol. The quantitative estimate of drug-likeness (QED) is 0.475. The zero-order valence-electron chi connectivity index (χ0n) is 11.2. The number of rotatable bonds is 2. The van der Waals surface area contributed by atoms with E-state index in [-0.39, 0.29) is 0 Å². The summed E-state index contributed by atoms with van der Waals surface area (Å²) in [5.74, 6) is -0.482. The van der Waals surface area contributed by atoms with Crippen LogP contribution in [0.15, 0.2) is 59.3 Å². The van der Waals surface area contributed by atoms with Gasteiger partial charge < -0.3 is 4.84 Å². The molecule has 104 valence electrons. The number of hydrogen-bond donors (Lipinski definition) is 0. The molecule has 0 bridgehead atoms. The first-order valence-corrected chi connectivity index (χ1v) is 6.50. The van der Waals surface area contributed by atoms with E-state index in [4.69, 9.17) is 11.6 Å². The minimum atomic E-state index is -0.482. The Kier molecular flexibility index (Phi) is 4.70. The molecule has 1 aromatic carbocycles. The maximum absolute atomic E-state index is 10.7. The van der Waals surface area contributed by atoms with Crippen molar-refractivity contribution in [3.63, 3.8) is 0 Å². The summed E-state index contributed by atoms with van der Waals surface area (Å²) in [5, 5.41) is 13.6. The molecule has 0 N–H and O–H groups in total. The molecule has 1 aliphatic carbocycles. The third-order valence-corrected chi connectivity index (χ3v) is 2.93. The topological polar surface area (TPSA) is 62.4 Å². The summed E-state index contributed by atoms with van der Waals surface area (Å²) < 4.78 is 0. The average molecular weight is 299 g/mol. The Morgan fingerprint density at radius 2 is 1.81 bits per heavy atom. The summed E-state index contributed by atoms with van der Waals surface area (Å²) >= 11 is 5.84. The second kappa shape index (κ2) is 6.69. The normalized spacial score (nSPS) is 12.8. The smallest absolute Gasteiger partial charge is 0.318 e. The highest BCUT2D eigenvalue weighted by atomic mass is 35.5. The minimum absolute atomic E-state index is 0.482. The SMILES string of the molecule is CC(=O)ON=C1C=CC(=C(C#N)c2ccc(Cl)cc2)C=C1. The van der Waals surface area contributed by atoms with E-state index in [1.807, 2.05) is 0 Å². The fourth-order valence-corrected chi connectivity index (χ4v) is 1.84. The number of allylic oxidation sites excluding steroid dienone is 6. The van der Waals surface area contributed by atoms with Gasteiger partial charge in [0, 0.05) is 11.9 Å². The molecule has 1 aliphatic rings. The summed E-state index contributed by atoms with van der Waals surface area (Å²) in [6, 6.07) is 9.23. The first kappa shape index (κ1) is 14.8. The van der Waals surface area contributed by atoms with Gasteiger partial charge in [-0.25, -0.2) is 4.79 Å². The first-order valence-electron chi connectivity index (χ1n) is 6.12. The molecule has 5 heteroatoms. The fourth-order valence-electron chi connectivity index (χ4n) is 1.72. The van der Waals surface area contributed by atoms with Gasteiger partial charge in [-0.15, -0.1) is 0 Å². The second-order valence-electron chi connectivity index (χ2n) is 4.21. The van der Waals surface area contributed by atoms with Gasteiger partial charge in [-0.1, -0.05) is 41.0 Å². The lowest BCUT2D eigenvalue weighted by atomic mass is 9.97. The van der Waals surface area contributed by atoms with Crippen LogP contribution in [0.5, 0.6) is 0 Å². The summed E-state index contributed by atoms with van der Waals surface area (Å²) in [5.41, 5.74) is 2.57. The maximum Gasteiger partial charge on any atom is 0.331 e. The Labute approximate surface area is 127 Å². The molecule has 0 unspecified atom stereocenters. The lowest BCUT2D eigenvalue weighted by Gasteiger charge is -2.06. The van der Waals surface area contributed by atoms with Crippen LogP contribution in [0.2, 0.25) is 5.02 Å². The molecule has 1 aromatic rings. The van der Waals surface area contributed by atoms with Gasteiger partial charge >= 0.3 is 5.97 Å². The molecule has 0 radical (unpaired) electrons. The van der Waals surface area contributed by atoms with E-state index < -0.39 is 5.97 Å². The number of hydrogen-bond acceptors (Lipinski definition) is 4. The molecule has 21 heavy (non-hydrogen) atoms. The van der Waals surface area contributed by atoms with Crippen LogP contribution < -0.4 is 0 Å². The van der Waals surface area contributed by atoms with Crippen molar-refractivity contribution in [1.29, 1.82) is 5.26 Å². The van der Waals surface area contributed by atoms with E-state index in [0.717, 1.165) is 11.1 Å². The lowest BCUT2D eigenvalue weighted by Crippen LogP contribution is -1.99. The Morgan fingerprint density at radius 1 is 1.19 bits per heavy atom. The van der Waals surface area contributed by atoms with Crippen molar-refractivity contribution in [3.05, 3.63) is 64.7 Å². The molecular formula is C16H11ClN2O2. The van der Waals surface area contributed by atoms with Gasteiger partial charge in [-0.2, -0.15) is 5.26 Å². The summed E-state index contributed by atoms with van der Waals surface area (Å²) in [6.45, 7) is 1.28. The second-order valence-corrected chi connectivity index (χ2v) is 4.65. The van der Waals surface area contributed by atoms with Crippen molar-refractivity contribution in [2.45, 2.75) is 6.92 Å². The van der Waals surface area contributed by atoms with E-state index in [1.54, 1.807) is 48.6 Å². The summed E-state index contributed by atoms with van der Waals surface area (Å²) in [6.07, 6.45) is 6.84. The van der Waals surface area contributed by atoms with Gasteiger partial charge in [-0.05, 0) is 35.4 Å². The predicted molar refractivity (Wildman–Crippen MR) is 81.5 cm³/mol. The largest absolute Gasteiger partial charge is 0.331 e. The third-order valence-electron chi connectivity index (χ3n) is 2.68. The van der Waals surface area contributed by atoms with Crippen LogP contribution in [-0.2, 0) is 9.63 Å². The number of halogens is 1. The monoisotopic (exact) mass is 298 g/mol. The van der Waals surface area contributed by atoms with Crippen molar-refractivity contribution in [3.8, 4) is 6.07 Å². The van der Waals surface area contributed by atoms with Crippen LogP contribution in [0.3, 0.4) is 0 Å². The van der Waals surface area contributed by atoms with Crippen molar-refractivity contribution >= 4 is 28.9 Å². The van der Waals surface area contributed by atoms with E-state index in [0.29, 0.717) is 16.3 Å². The zero-order valence-corrected chi connectivity index (χ0v) is 12.0. The predicted octanol–water partition coefficient (Wildman–Crippen LogP) is 3.66. The van der Waals surface area contributed by atoms with E-state index in [9.17, 15) is 10.1 Å². The Bertz CT molecular complexity index is 702. The summed E-state index contributed by atoms with van der Waals surface area (Å²) in [4.78, 5) is 15.2. The van der Waals surface area contributed by atoms with Gasteiger partial charge in [-0.3, -0.25) is 0 Å². The molecule has 0 spiro atoms. The highest BCUT2D eigenvalue weighted by molar-refractivity contribution is 6.30. The molecule has 0 aliphatic heterocycles. The summed E-state index contributed by atoms with van der Waals surface area (Å²) in [7, 11) is 0. The van der Waals surface area contributed by atoms with Crippen LogP contribution in [0.25, 0.3) is 5.57 Å². The molecule has 0 atom stereocenters. The molecule has 4 nitrogen and oxygen atoms in total. The van der Waals surface area contributed by atoms with Gasteiger partial charge in [0.1, 0.15) is 11.8 Å². The molecule has 2 rings (SSSR count). The highest BCUT2D eigenvalue weighted by Crippen LogP contribution is 2.23. The first-order chi connectivity index (χ1) is 10.1. The van der Waals surface area contributed by atoms with Crippen LogP contribution >= 0.6 is 11.6 Å². The van der Waals surface area contributed by atoms with Crippen molar-refractivity contribution < 1.29 is 9.63 Å². The fraction of sp³-hybridized carbons (Fsp3) is 0.0625. The molecule has 0 aromatic heterocycles. The van der Waals surface area contributed by atoms with E-state index in [2.05, 4.69) is 16.1 Å². The molecule has 0 saturated carbocycles. The van der Waals surface area contributed by atoms with Crippen LogP contribution in [0.4, 0.5) is 0 Å². The van der Waals surface area contributed by atoms with Crippen LogP contribution in [0.1, 0.15) is 12.5 Å². The Balaban J connectivity index is 2.29. The average Bonchev–Trinajstić information content (AvgIpc) is 2.49. The van der Waals surface area contributed by atoms with Crippen molar-refractivity contribution in [2.24, 2.45) is 5.16 Å². The number of nitrogens with zero attached hydrogens (tertiary/aromatic N) is 2. The molecule has 0 saturated heterocycles. The number of carbonyl (C=O) groups excluding carboxylic acids is 1. The van der Waals surface area contributed by atoms with Gasteiger partial charge in [0.15, 0.2) is 0 Å². The third kappa shape index (κ3) is 3.91. The maximum atomic E-state index is 10.7. The molecule has 0 heterocycles. The zero-order chi connectivity index (χ0) is 15.2.